The number of aryl methyl sites for hydroxylation is 1. The third-order valence-corrected chi connectivity index (χ3v) is 2.79. The quantitative estimate of drug-likeness (QED) is 0.899. The molecule has 5 nitrogen and oxygen atoms in total. The molecule has 0 bridgehead atoms. The van der Waals surface area contributed by atoms with E-state index in [4.69, 9.17) is 9.26 Å². The summed E-state index contributed by atoms with van der Waals surface area (Å²) in [7, 11) is 1.44. The summed E-state index contributed by atoms with van der Waals surface area (Å²) >= 11 is 0. The maximum Gasteiger partial charge on any atom is 0.223 e. The minimum absolute atomic E-state index is 0.122. The Morgan fingerprint density at radius 1 is 1.47 bits per heavy atom. The van der Waals surface area contributed by atoms with Crippen molar-refractivity contribution in [2.75, 3.05) is 7.11 Å². The van der Waals surface area contributed by atoms with E-state index in [9.17, 15) is 4.39 Å². The van der Waals surface area contributed by atoms with Crippen LogP contribution < -0.4 is 10.1 Å². The zero-order valence-electron chi connectivity index (χ0n) is 11.1. The van der Waals surface area contributed by atoms with Crippen LogP contribution in [0.2, 0.25) is 0 Å². The van der Waals surface area contributed by atoms with Crippen molar-refractivity contribution in [1.82, 2.24) is 15.5 Å². The first-order valence-electron chi connectivity index (χ1n) is 5.96. The molecule has 1 unspecified atom stereocenters. The molecule has 0 aliphatic heterocycles. The van der Waals surface area contributed by atoms with Crippen molar-refractivity contribution >= 4 is 0 Å². The summed E-state index contributed by atoms with van der Waals surface area (Å²) < 4.78 is 23.8. The van der Waals surface area contributed by atoms with Crippen molar-refractivity contribution in [3.63, 3.8) is 0 Å². The Bertz CT molecular complexity index is 557. The Labute approximate surface area is 110 Å². The Hall–Kier alpha value is -1.95. The highest BCUT2D eigenvalue weighted by atomic mass is 19.1. The van der Waals surface area contributed by atoms with Crippen LogP contribution in [0.5, 0.6) is 5.75 Å². The summed E-state index contributed by atoms with van der Waals surface area (Å²) in [5.74, 6) is 0.952. The number of aromatic nitrogens is 2. The fraction of sp³-hybridized carbons (Fsp3) is 0.385. The van der Waals surface area contributed by atoms with Gasteiger partial charge in [-0.1, -0.05) is 17.3 Å². The van der Waals surface area contributed by atoms with Gasteiger partial charge in [-0.15, -0.1) is 0 Å². The van der Waals surface area contributed by atoms with Crippen molar-refractivity contribution in [2.45, 2.75) is 26.4 Å². The van der Waals surface area contributed by atoms with E-state index in [1.54, 1.807) is 25.1 Å². The van der Waals surface area contributed by atoms with Gasteiger partial charge in [0.15, 0.2) is 17.4 Å². The van der Waals surface area contributed by atoms with E-state index < -0.39 is 0 Å². The largest absolute Gasteiger partial charge is 0.494 e. The van der Waals surface area contributed by atoms with Crippen LogP contribution in [0.15, 0.2) is 22.7 Å². The van der Waals surface area contributed by atoms with Crippen molar-refractivity contribution in [2.24, 2.45) is 0 Å². The van der Waals surface area contributed by atoms with Gasteiger partial charge in [-0.3, -0.25) is 0 Å². The van der Waals surface area contributed by atoms with E-state index in [0.717, 1.165) is 0 Å². The number of halogens is 1. The van der Waals surface area contributed by atoms with Gasteiger partial charge in [0.2, 0.25) is 5.89 Å². The first-order chi connectivity index (χ1) is 9.11. The SMILES string of the molecule is COc1cccc(CNC(C)c2noc(C)n2)c1F. The van der Waals surface area contributed by atoms with Gasteiger partial charge >= 0.3 is 0 Å². The van der Waals surface area contributed by atoms with Gasteiger partial charge in [-0.25, -0.2) is 4.39 Å². The molecule has 0 aliphatic rings. The lowest BCUT2D eigenvalue weighted by atomic mass is 10.2. The first kappa shape index (κ1) is 13.5. The first-order valence-corrected chi connectivity index (χ1v) is 5.96. The number of methoxy groups -OCH3 is 1. The molecule has 0 amide bonds. The number of benzene rings is 1. The van der Waals surface area contributed by atoms with E-state index in [1.807, 2.05) is 6.92 Å². The molecule has 0 fully saturated rings. The average Bonchev–Trinajstić information content (AvgIpc) is 2.84. The Morgan fingerprint density at radius 3 is 2.89 bits per heavy atom. The predicted molar refractivity (Wildman–Crippen MR) is 67.2 cm³/mol. The molecule has 0 aliphatic carbocycles. The molecular weight excluding hydrogens is 249 g/mol. The molecule has 2 rings (SSSR count). The summed E-state index contributed by atoms with van der Waals surface area (Å²) in [6.45, 7) is 3.98. The molecule has 1 aromatic heterocycles. The van der Waals surface area contributed by atoms with Gasteiger partial charge in [0.05, 0.1) is 13.2 Å². The third-order valence-electron chi connectivity index (χ3n) is 2.79. The van der Waals surface area contributed by atoms with Crippen LogP contribution in [0, 0.1) is 12.7 Å². The summed E-state index contributed by atoms with van der Waals surface area (Å²) in [6.07, 6.45) is 0. The van der Waals surface area contributed by atoms with Crippen LogP contribution in [0.1, 0.15) is 30.2 Å². The number of nitrogens with zero attached hydrogens (tertiary/aromatic N) is 2. The van der Waals surface area contributed by atoms with E-state index in [2.05, 4.69) is 15.5 Å². The zero-order valence-corrected chi connectivity index (χ0v) is 11.1. The van der Waals surface area contributed by atoms with Gasteiger partial charge in [0.25, 0.3) is 0 Å². The highest BCUT2D eigenvalue weighted by Crippen LogP contribution is 2.20. The molecule has 102 valence electrons. The average molecular weight is 265 g/mol. The Morgan fingerprint density at radius 2 is 2.26 bits per heavy atom. The lowest BCUT2D eigenvalue weighted by Crippen LogP contribution is -2.20. The molecule has 2 aromatic rings. The van der Waals surface area contributed by atoms with Crippen LogP contribution in [-0.4, -0.2) is 17.3 Å². The highest BCUT2D eigenvalue weighted by molar-refractivity contribution is 5.31. The topological polar surface area (TPSA) is 60.2 Å². The lowest BCUT2D eigenvalue weighted by molar-refractivity contribution is 0.376. The van der Waals surface area contributed by atoms with Crippen molar-refractivity contribution in [3.8, 4) is 5.75 Å². The van der Waals surface area contributed by atoms with Gasteiger partial charge < -0.3 is 14.6 Å². The minimum atomic E-state index is -0.353. The maximum atomic E-state index is 13.9. The number of hydrogen-bond donors (Lipinski definition) is 1. The summed E-state index contributed by atoms with van der Waals surface area (Å²) in [5, 5.41) is 6.96. The Kier molecular flexibility index (Phi) is 4.11. The predicted octanol–water partition coefficient (Wildman–Crippen LogP) is 2.38. The van der Waals surface area contributed by atoms with Crippen LogP contribution in [0.4, 0.5) is 4.39 Å². The highest BCUT2D eigenvalue weighted by Gasteiger charge is 2.13. The van der Waals surface area contributed by atoms with Gasteiger partial charge in [0.1, 0.15) is 0 Å². The Balaban J connectivity index is 2.02. The van der Waals surface area contributed by atoms with Crippen molar-refractivity contribution < 1.29 is 13.7 Å². The number of ether oxygens (including phenoxy) is 1. The fourth-order valence-electron chi connectivity index (χ4n) is 1.70. The fourth-order valence-corrected chi connectivity index (χ4v) is 1.70. The van der Waals surface area contributed by atoms with E-state index in [1.165, 1.54) is 7.11 Å². The zero-order chi connectivity index (χ0) is 13.8. The standard InChI is InChI=1S/C13H16FN3O2/c1-8(13-16-9(2)19-17-13)15-7-10-5-4-6-11(18-3)12(10)14/h4-6,8,15H,7H2,1-3H3. The van der Waals surface area contributed by atoms with Crippen molar-refractivity contribution in [3.05, 3.63) is 41.3 Å². The second-order valence-electron chi connectivity index (χ2n) is 4.21. The summed E-state index contributed by atoms with van der Waals surface area (Å²) in [5.41, 5.74) is 0.534. The van der Waals surface area contributed by atoms with Crippen LogP contribution >= 0.6 is 0 Å². The second-order valence-corrected chi connectivity index (χ2v) is 4.21. The molecule has 6 heteroatoms. The molecule has 1 atom stereocenters. The lowest BCUT2D eigenvalue weighted by Gasteiger charge is -2.11. The van der Waals surface area contributed by atoms with E-state index >= 15 is 0 Å². The van der Waals surface area contributed by atoms with Gasteiger partial charge in [0, 0.05) is 19.0 Å². The summed E-state index contributed by atoms with van der Waals surface area (Å²) in [4.78, 5) is 4.12. The number of hydrogen-bond acceptors (Lipinski definition) is 5. The van der Waals surface area contributed by atoms with Crippen LogP contribution in [0.3, 0.4) is 0 Å². The number of nitrogens with one attached hydrogen (secondary N) is 1. The van der Waals surface area contributed by atoms with Crippen molar-refractivity contribution in [1.29, 1.82) is 0 Å². The number of rotatable bonds is 5. The smallest absolute Gasteiger partial charge is 0.223 e. The summed E-state index contributed by atoms with van der Waals surface area (Å²) in [6, 6.07) is 4.93. The van der Waals surface area contributed by atoms with Gasteiger partial charge in [-0.2, -0.15) is 4.98 Å². The van der Waals surface area contributed by atoms with Gasteiger partial charge in [-0.05, 0) is 13.0 Å². The molecular formula is C13H16FN3O2. The molecule has 1 N–H and O–H groups in total. The molecule has 0 radical (unpaired) electrons. The molecule has 1 aromatic carbocycles. The molecule has 19 heavy (non-hydrogen) atoms. The van der Waals surface area contributed by atoms with E-state index in [-0.39, 0.29) is 17.6 Å². The van der Waals surface area contributed by atoms with Crippen LogP contribution in [-0.2, 0) is 6.54 Å². The monoisotopic (exact) mass is 265 g/mol. The minimum Gasteiger partial charge on any atom is -0.494 e. The van der Waals surface area contributed by atoms with E-state index in [0.29, 0.717) is 23.8 Å². The molecule has 1 heterocycles. The molecule has 0 saturated carbocycles. The second kappa shape index (κ2) is 5.79. The normalized spacial score (nSPS) is 12.4. The molecule has 0 spiro atoms. The maximum absolute atomic E-state index is 13.9. The molecule has 0 saturated heterocycles. The third kappa shape index (κ3) is 3.08. The van der Waals surface area contributed by atoms with Crippen LogP contribution in [0.25, 0.3) is 0 Å².